The van der Waals surface area contributed by atoms with Crippen LogP contribution in [0.2, 0.25) is 10.0 Å². The topological polar surface area (TPSA) is 108 Å². The smallest absolute Gasteiger partial charge is 0.254 e. The minimum Gasteiger partial charge on any atom is -0.332 e. The Morgan fingerprint density at radius 1 is 1.03 bits per heavy atom. The van der Waals surface area contributed by atoms with Gasteiger partial charge in [-0.2, -0.15) is 20.5 Å². The van der Waals surface area contributed by atoms with Gasteiger partial charge in [0.1, 0.15) is 16.7 Å². The molecule has 32 heavy (non-hydrogen) atoms. The van der Waals surface area contributed by atoms with Gasteiger partial charge in [0, 0.05) is 34.1 Å². The highest BCUT2D eigenvalue weighted by molar-refractivity contribution is 6.33. The lowest BCUT2D eigenvalue weighted by Crippen LogP contribution is -2.36. The Morgan fingerprint density at radius 2 is 1.88 bits per heavy atom. The number of rotatable bonds is 5. The summed E-state index contributed by atoms with van der Waals surface area (Å²) in [5, 5.41) is 19.0. The summed E-state index contributed by atoms with van der Waals surface area (Å²) in [6, 6.07) is 10.4. The van der Waals surface area contributed by atoms with Crippen LogP contribution < -0.4 is 0 Å². The zero-order chi connectivity index (χ0) is 22.2. The molecule has 0 unspecified atom stereocenters. The fraction of sp³-hybridized carbons (Fsp3) is 0.227. The molecule has 0 spiro atoms. The van der Waals surface area contributed by atoms with Crippen LogP contribution in [0.4, 0.5) is 0 Å². The van der Waals surface area contributed by atoms with Crippen LogP contribution in [-0.4, -0.2) is 48.7 Å². The fourth-order valence-electron chi connectivity index (χ4n) is 3.98. The Bertz CT molecular complexity index is 1350. The molecule has 2 N–H and O–H groups in total. The first-order chi connectivity index (χ1) is 15.5. The van der Waals surface area contributed by atoms with Gasteiger partial charge in [-0.15, -0.1) is 0 Å². The summed E-state index contributed by atoms with van der Waals surface area (Å²) in [5.41, 5.74) is 4.83. The molecule has 0 saturated heterocycles. The van der Waals surface area contributed by atoms with Gasteiger partial charge >= 0.3 is 0 Å². The number of nitrogens with one attached hydrogen (secondary N) is 2. The Labute approximate surface area is 192 Å². The Morgan fingerprint density at radius 3 is 2.75 bits per heavy atom. The number of Topliss-reactive ketones (excluding diaryl/α,β-unsaturated/α-hetero) is 1. The molecule has 0 atom stereocenters. The fourth-order valence-corrected chi connectivity index (χ4v) is 4.39. The van der Waals surface area contributed by atoms with Gasteiger partial charge in [-0.3, -0.25) is 14.7 Å². The largest absolute Gasteiger partial charge is 0.332 e. The van der Waals surface area contributed by atoms with E-state index in [1.807, 2.05) is 0 Å². The number of H-pyrrole nitrogens is 2. The molecular formula is C22H18Cl2N6O2. The number of aromatic amines is 2. The first-order valence-corrected chi connectivity index (χ1v) is 10.9. The summed E-state index contributed by atoms with van der Waals surface area (Å²) in [5.74, 6) is -0.159. The molecule has 2 aromatic carbocycles. The van der Waals surface area contributed by atoms with Gasteiger partial charge in [0.15, 0.2) is 5.78 Å². The molecule has 0 saturated carbocycles. The second-order valence-electron chi connectivity index (χ2n) is 7.69. The molecule has 0 aliphatic carbocycles. The van der Waals surface area contributed by atoms with E-state index in [2.05, 4.69) is 25.6 Å². The van der Waals surface area contributed by atoms with Gasteiger partial charge in [-0.1, -0.05) is 23.2 Å². The van der Waals surface area contributed by atoms with E-state index in [9.17, 15) is 9.59 Å². The second-order valence-corrected chi connectivity index (χ2v) is 8.54. The number of ketones is 1. The number of aryl methyl sites for hydroxylation is 1. The lowest BCUT2D eigenvalue weighted by atomic mass is 9.98. The van der Waals surface area contributed by atoms with Gasteiger partial charge in [0.2, 0.25) is 0 Å². The molecule has 3 heterocycles. The molecule has 162 valence electrons. The Balaban J connectivity index is 1.28. The van der Waals surface area contributed by atoms with Crippen LogP contribution in [0.25, 0.3) is 11.0 Å². The van der Waals surface area contributed by atoms with Crippen molar-refractivity contribution in [1.82, 2.24) is 30.5 Å². The molecule has 4 aromatic rings. The molecule has 2 aromatic heterocycles. The van der Waals surface area contributed by atoms with E-state index < -0.39 is 0 Å². The molecule has 1 aliphatic rings. The van der Waals surface area contributed by atoms with E-state index in [0.29, 0.717) is 58.3 Å². The molecule has 10 heteroatoms. The number of halogens is 2. The van der Waals surface area contributed by atoms with Gasteiger partial charge in [0.25, 0.3) is 5.91 Å². The number of benzene rings is 2. The SMILES string of the molecule is O=C(CCc1cc(Cl)ccc1Cl)c1n[nH]c2c1CCN(C(=O)c1ccc3n[nH]nc3c1)C2. The van der Waals surface area contributed by atoms with E-state index in [1.54, 1.807) is 41.3 Å². The molecule has 5 rings (SSSR count). The number of carbonyl (C=O) groups is 2. The normalized spacial score (nSPS) is 13.4. The summed E-state index contributed by atoms with van der Waals surface area (Å²) >= 11 is 12.2. The minimum atomic E-state index is -0.0985. The third-order valence-electron chi connectivity index (χ3n) is 5.68. The number of aromatic nitrogens is 5. The van der Waals surface area contributed by atoms with Crippen molar-refractivity contribution in [2.45, 2.75) is 25.8 Å². The summed E-state index contributed by atoms with van der Waals surface area (Å²) in [6.45, 7) is 0.869. The minimum absolute atomic E-state index is 0.0604. The molecular weight excluding hydrogens is 451 g/mol. The van der Waals surface area contributed by atoms with Crippen molar-refractivity contribution in [2.24, 2.45) is 0 Å². The number of nitrogens with zero attached hydrogens (tertiary/aromatic N) is 4. The quantitative estimate of drug-likeness (QED) is 0.430. The Hall–Kier alpha value is -3.23. The van der Waals surface area contributed by atoms with Gasteiger partial charge in [-0.05, 0) is 54.8 Å². The Kier molecular flexibility index (Phi) is 5.40. The summed E-state index contributed by atoms with van der Waals surface area (Å²) in [4.78, 5) is 27.5. The average Bonchev–Trinajstić information content (AvgIpc) is 3.44. The predicted molar refractivity (Wildman–Crippen MR) is 120 cm³/mol. The number of hydrogen-bond acceptors (Lipinski definition) is 5. The molecule has 0 radical (unpaired) electrons. The van der Waals surface area contributed by atoms with Crippen LogP contribution in [0.15, 0.2) is 36.4 Å². The number of hydrogen-bond donors (Lipinski definition) is 2. The standard InChI is InChI=1S/C22H18Cl2N6O2/c23-14-3-4-16(24)12(9-14)2-6-20(31)21-15-7-8-30(11-19(15)25-28-21)22(32)13-1-5-17-18(10-13)27-29-26-17/h1,3-5,9-10H,2,6-8,11H2,(H,25,28)(H,26,27,29). The first kappa shape index (κ1) is 20.7. The number of carbonyl (C=O) groups excluding carboxylic acids is 2. The monoisotopic (exact) mass is 468 g/mol. The number of fused-ring (bicyclic) bond motifs is 2. The highest BCUT2D eigenvalue weighted by Crippen LogP contribution is 2.25. The van der Waals surface area contributed by atoms with Crippen LogP contribution in [-0.2, 0) is 19.4 Å². The van der Waals surface area contributed by atoms with Crippen LogP contribution in [0.5, 0.6) is 0 Å². The predicted octanol–water partition coefficient (Wildman–Crippen LogP) is 4.00. The van der Waals surface area contributed by atoms with E-state index >= 15 is 0 Å². The zero-order valence-corrected chi connectivity index (χ0v) is 18.4. The summed E-state index contributed by atoms with van der Waals surface area (Å²) < 4.78 is 0. The molecule has 1 aliphatic heterocycles. The maximum atomic E-state index is 13.0. The van der Waals surface area contributed by atoms with E-state index in [1.165, 1.54) is 0 Å². The van der Waals surface area contributed by atoms with Crippen molar-refractivity contribution >= 4 is 45.9 Å². The van der Waals surface area contributed by atoms with Crippen LogP contribution in [0.3, 0.4) is 0 Å². The van der Waals surface area contributed by atoms with Crippen LogP contribution in [0.1, 0.15) is 44.1 Å². The summed E-state index contributed by atoms with van der Waals surface area (Å²) in [6.07, 6.45) is 1.31. The van der Waals surface area contributed by atoms with Gasteiger partial charge < -0.3 is 4.90 Å². The van der Waals surface area contributed by atoms with E-state index in [4.69, 9.17) is 23.2 Å². The molecule has 0 fully saturated rings. The maximum absolute atomic E-state index is 13.0. The van der Waals surface area contributed by atoms with Crippen molar-refractivity contribution in [3.8, 4) is 0 Å². The maximum Gasteiger partial charge on any atom is 0.254 e. The molecule has 8 nitrogen and oxygen atoms in total. The second kappa shape index (κ2) is 8.37. The van der Waals surface area contributed by atoms with Crippen LogP contribution >= 0.6 is 23.2 Å². The van der Waals surface area contributed by atoms with E-state index in [-0.39, 0.29) is 18.1 Å². The third kappa shape index (κ3) is 3.87. The lowest BCUT2D eigenvalue weighted by Gasteiger charge is -2.27. The average molecular weight is 469 g/mol. The van der Waals surface area contributed by atoms with Crippen LogP contribution in [0, 0.1) is 0 Å². The van der Waals surface area contributed by atoms with Crippen molar-refractivity contribution in [3.63, 3.8) is 0 Å². The third-order valence-corrected chi connectivity index (χ3v) is 6.28. The summed E-state index contributed by atoms with van der Waals surface area (Å²) in [7, 11) is 0. The molecule has 0 bridgehead atoms. The lowest BCUT2D eigenvalue weighted by molar-refractivity contribution is 0.0732. The van der Waals surface area contributed by atoms with Gasteiger partial charge in [0.05, 0.1) is 12.2 Å². The van der Waals surface area contributed by atoms with Crippen molar-refractivity contribution in [1.29, 1.82) is 0 Å². The van der Waals surface area contributed by atoms with E-state index in [0.717, 1.165) is 16.8 Å². The van der Waals surface area contributed by atoms with Crippen molar-refractivity contribution in [2.75, 3.05) is 6.54 Å². The van der Waals surface area contributed by atoms with Gasteiger partial charge in [-0.25, -0.2) is 0 Å². The van der Waals surface area contributed by atoms with Crippen molar-refractivity contribution in [3.05, 3.63) is 74.5 Å². The highest BCUT2D eigenvalue weighted by atomic mass is 35.5. The molecule has 1 amide bonds. The number of amides is 1. The first-order valence-electron chi connectivity index (χ1n) is 10.1. The zero-order valence-electron chi connectivity index (χ0n) is 16.9. The highest BCUT2D eigenvalue weighted by Gasteiger charge is 2.28. The van der Waals surface area contributed by atoms with Crippen molar-refractivity contribution < 1.29 is 9.59 Å².